The number of aliphatic hydroxyl groups excluding tert-OH is 2. The van der Waals surface area contributed by atoms with Crippen LogP contribution >= 0.6 is 0 Å². The molecule has 1 aliphatic rings. The van der Waals surface area contributed by atoms with Crippen molar-refractivity contribution in [3.05, 3.63) is 71.3 Å². The first-order valence-corrected chi connectivity index (χ1v) is 10.7. The number of phenols is 1. The first kappa shape index (κ1) is 24.7. The Bertz CT molecular complexity index is 1070. The molecule has 34 heavy (non-hydrogen) atoms. The van der Waals surface area contributed by atoms with Gasteiger partial charge >= 0.3 is 6.03 Å². The van der Waals surface area contributed by atoms with Crippen molar-refractivity contribution in [2.75, 3.05) is 5.32 Å². The minimum atomic E-state index is -1.33. The molecule has 4 atom stereocenters. The predicted octanol–water partition coefficient (Wildman–Crippen LogP) is 0.455. The minimum absolute atomic E-state index is 0.0632. The van der Waals surface area contributed by atoms with Crippen molar-refractivity contribution in [2.24, 2.45) is 5.73 Å². The number of primary amides is 1. The van der Waals surface area contributed by atoms with Gasteiger partial charge in [0.15, 0.2) is 0 Å². The highest BCUT2D eigenvalue weighted by molar-refractivity contribution is 5.97. The number of aromatic hydroxyl groups is 1. The third-order valence-electron chi connectivity index (χ3n) is 5.50. The lowest BCUT2D eigenvalue weighted by molar-refractivity contribution is -0.125. The number of urea groups is 1. The van der Waals surface area contributed by atoms with Gasteiger partial charge in [-0.15, -0.1) is 0 Å². The zero-order chi connectivity index (χ0) is 24.8. The number of carbonyl (C=O) groups is 3. The van der Waals surface area contributed by atoms with Crippen LogP contribution in [-0.4, -0.2) is 57.5 Å². The molecule has 0 spiro atoms. The number of anilines is 1. The summed E-state index contributed by atoms with van der Waals surface area (Å²) in [5, 5.41) is 37.7. The Morgan fingerprint density at radius 2 is 1.71 bits per heavy atom. The molecule has 10 nitrogen and oxygen atoms in total. The van der Waals surface area contributed by atoms with Gasteiger partial charge in [-0.2, -0.15) is 0 Å². The van der Waals surface area contributed by atoms with E-state index in [4.69, 9.17) is 5.73 Å². The van der Waals surface area contributed by atoms with Crippen LogP contribution in [0.5, 0.6) is 5.75 Å². The highest BCUT2D eigenvalue weighted by Crippen LogP contribution is 2.21. The smallest absolute Gasteiger partial charge is 0.319 e. The molecule has 4 amide bonds. The maximum atomic E-state index is 12.8. The Labute approximate surface area is 196 Å². The molecule has 180 valence electrons. The Hall–Kier alpha value is -3.89. The van der Waals surface area contributed by atoms with Crippen molar-refractivity contribution in [1.29, 1.82) is 0 Å². The summed E-state index contributed by atoms with van der Waals surface area (Å²) in [5.74, 6) is -1.35. The van der Waals surface area contributed by atoms with Crippen LogP contribution in [0.4, 0.5) is 10.5 Å². The molecule has 8 N–H and O–H groups in total. The van der Waals surface area contributed by atoms with E-state index in [1.807, 2.05) is 19.1 Å². The number of hydrogen-bond donors (Lipinski definition) is 7. The lowest BCUT2D eigenvalue weighted by Gasteiger charge is -2.31. The molecule has 0 radical (unpaired) electrons. The molecule has 3 rings (SSSR count). The molecule has 0 bridgehead atoms. The van der Waals surface area contributed by atoms with Crippen LogP contribution in [0.2, 0.25) is 0 Å². The second kappa shape index (κ2) is 10.8. The van der Waals surface area contributed by atoms with Crippen molar-refractivity contribution in [1.82, 2.24) is 10.6 Å². The summed E-state index contributed by atoms with van der Waals surface area (Å²) in [5.41, 5.74) is 7.76. The molecule has 10 heteroatoms. The zero-order valence-corrected chi connectivity index (χ0v) is 18.6. The van der Waals surface area contributed by atoms with Gasteiger partial charge < -0.3 is 37.0 Å². The van der Waals surface area contributed by atoms with Crippen LogP contribution < -0.4 is 21.7 Å². The summed E-state index contributed by atoms with van der Waals surface area (Å²) in [4.78, 5) is 37.1. The van der Waals surface area contributed by atoms with Gasteiger partial charge in [0, 0.05) is 24.1 Å². The average molecular weight is 469 g/mol. The number of aryl methyl sites for hydroxylation is 1. The van der Waals surface area contributed by atoms with Gasteiger partial charge in [0.05, 0.1) is 12.1 Å². The Morgan fingerprint density at radius 1 is 1.06 bits per heavy atom. The number of amides is 4. The third kappa shape index (κ3) is 6.56. The van der Waals surface area contributed by atoms with Crippen LogP contribution in [0, 0.1) is 6.92 Å². The molecular formula is C24H28N4O6. The summed E-state index contributed by atoms with van der Waals surface area (Å²) in [7, 11) is 0. The summed E-state index contributed by atoms with van der Waals surface area (Å²) in [6.45, 7) is 1.91. The van der Waals surface area contributed by atoms with E-state index in [9.17, 15) is 29.7 Å². The van der Waals surface area contributed by atoms with Gasteiger partial charge in [-0.1, -0.05) is 35.9 Å². The lowest BCUT2D eigenvalue weighted by atomic mass is 9.90. The van der Waals surface area contributed by atoms with E-state index in [2.05, 4.69) is 16.0 Å². The van der Waals surface area contributed by atoms with Crippen molar-refractivity contribution < 1.29 is 29.7 Å². The molecule has 2 aromatic rings. The van der Waals surface area contributed by atoms with Crippen LogP contribution in [-0.2, 0) is 16.0 Å². The maximum Gasteiger partial charge on any atom is 0.319 e. The number of hydrogen-bond acceptors (Lipinski definition) is 6. The van der Waals surface area contributed by atoms with Gasteiger partial charge in [0.25, 0.3) is 0 Å². The monoisotopic (exact) mass is 468 g/mol. The first-order valence-electron chi connectivity index (χ1n) is 10.7. The van der Waals surface area contributed by atoms with Crippen molar-refractivity contribution >= 4 is 23.5 Å². The fourth-order valence-corrected chi connectivity index (χ4v) is 3.56. The largest absolute Gasteiger partial charge is 0.508 e. The lowest BCUT2D eigenvalue weighted by Crippen LogP contribution is -2.53. The molecule has 2 aromatic carbocycles. The highest BCUT2D eigenvalue weighted by atomic mass is 16.3. The molecule has 0 fully saturated rings. The molecule has 0 saturated heterocycles. The highest BCUT2D eigenvalue weighted by Gasteiger charge is 2.34. The Balaban J connectivity index is 1.68. The quantitative estimate of drug-likeness (QED) is 0.311. The van der Waals surface area contributed by atoms with Gasteiger partial charge in [-0.3, -0.25) is 9.59 Å². The summed E-state index contributed by atoms with van der Waals surface area (Å²) in [6.07, 6.45) is -1.36. The number of aliphatic hydroxyl groups is 2. The number of rotatable bonds is 7. The average Bonchev–Trinajstić information content (AvgIpc) is 2.79. The molecule has 0 unspecified atom stereocenters. The second-order valence-electron chi connectivity index (χ2n) is 8.24. The Kier molecular flexibility index (Phi) is 7.87. The van der Waals surface area contributed by atoms with E-state index in [1.54, 1.807) is 24.3 Å². The number of carbonyl (C=O) groups excluding carboxylic acids is 3. The van der Waals surface area contributed by atoms with E-state index in [0.29, 0.717) is 11.3 Å². The molecule has 0 heterocycles. The summed E-state index contributed by atoms with van der Waals surface area (Å²) >= 11 is 0. The first-order chi connectivity index (χ1) is 16.1. The van der Waals surface area contributed by atoms with E-state index in [1.165, 1.54) is 18.2 Å². The van der Waals surface area contributed by atoms with Crippen molar-refractivity contribution in [3.8, 4) is 5.75 Å². The standard InChI is InChI=1S/C24H28N4O6/c1-13-2-6-16(7-3-13)26-24(34)28-18-11-15(12-20(30)21(18)31)23(33)27-19(22(25)32)10-14-4-8-17(29)9-5-14/h2-9,11,18-21,29-31H,10,12H2,1H3,(H2,25,32)(H,27,33)(H2,26,28,34)/t18-,19-,20+,21+/m0/s1. The van der Waals surface area contributed by atoms with Crippen molar-refractivity contribution in [2.45, 2.75) is 44.1 Å². The molecule has 1 aliphatic carbocycles. The fraction of sp³-hybridized carbons (Fsp3) is 0.292. The topological polar surface area (TPSA) is 174 Å². The van der Waals surface area contributed by atoms with Gasteiger partial charge in [0.1, 0.15) is 17.9 Å². The SMILES string of the molecule is Cc1ccc(NC(=O)N[C@H]2C=C(C(=O)N[C@@H](Cc3ccc(O)cc3)C(N)=O)C[C@@H](O)[C@@H]2O)cc1. The molecule has 0 saturated carbocycles. The third-order valence-corrected chi connectivity index (χ3v) is 5.50. The number of nitrogens with one attached hydrogen (secondary N) is 3. The zero-order valence-electron chi connectivity index (χ0n) is 18.6. The Morgan fingerprint density at radius 3 is 2.32 bits per heavy atom. The van der Waals surface area contributed by atoms with Crippen LogP contribution in [0.25, 0.3) is 0 Å². The molecule has 0 aliphatic heterocycles. The van der Waals surface area contributed by atoms with E-state index < -0.39 is 42.1 Å². The maximum absolute atomic E-state index is 12.8. The van der Waals surface area contributed by atoms with Crippen LogP contribution in [0.3, 0.4) is 0 Å². The van der Waals surface area contributed by atoms with E-state index in [0.717, 1.165) is 5.56 Å². The summed E-state index contributed by atoms with van der Waals surface area (Å²) < 4.78 is 0. The normalized spacial score (nSPS) is 20.6. The van der Waals surface area contributed by atoms with Gasteiger partial charge in [-0.25, -0.2) is 4.79 Å². The van der Waals surface area contributed by atoms with E-state index in [-0.39, 0.29) is 24.2 Å². The minimum Gasteiger partial charge on any atom is -0.508 e. The molecular weight excluding hydrogens is 440 g/mol. The number of phenolic OH excluding ortho intramolecular Hbond substituents is 1. The van der Waals surface area contributed by atoms with Crippen LogP contribution in [0.1, 0.15) is 17.5 Å². The number of nitrogens with two attached hydrogens (primary N) is 1. The van der Waals surface area contributed by atoms with Crippen molar-refractivity contribution in [3.63, 3.8) is 0 Å². The van der Waals surface area contributed by atoms with Gasteiger partial charge in [-0.05, 0) is 36.8 Å². The second-order valence-corrected chi connectivity index (χ2v) is 8.24. The summed E-state index contributed by atoms with van der Waals surface area (Å²) in [6, 6.07) is 10.5. The predicted molar refractivity (Wildman–Crippen MR) is 125 cm³/mol. The van der Waals surface area contributed by atoms with Gasteiger partial charge in [0.2, 0.25) is 11.8 Å². The van der Waals surface area contributed by atoms with E-state index >= 15 is 0 Å². The number of benzene rings is 2. The fourth-order valence-electron chi connectivity index (χ4n) is 3.56. The van der Waals surface area contributed by atoms with Crippen LogP contribution in [0.15, 0.2) is 60.2 Å². The molecule has 0 aromatic heterocycles.